The first kappa shape index (κ1) is 13.3. The predicted octanol–water partition coefficient (Wildman–Crippen LogP) is 0.773. The van der Waals surface area contributed by atoms with Crippen LogP contribution < -0.4 is 10.2 Å². The maximum Gasteiger partial charge on any atom is 0.404 e. The molecule has 0 radical (unpaired) electrons. The van der Waals surface area contributed by atoms with Crippen molar-refractivity contribution in [1.29, 1.82) is 0 Å². The molecule has 19 heavy (non-hydrogen) atoms. The summed E-state index contributed by atoms with van der Waals surface area (Å²) in [5, 5.41) is 11.0. The third kappa shape index (κ3) is 3.64. The molecular weight excluding hydrogens is 248 g/mol. The third-order valence-electron chi connectivity index (χ3n) is 3.22. The lowest BCUT2D eigenvalue weighted by Gasteiger charge is -2.31. The molecule has 0 saturated carbocycles. The number of carbonyl (C=O) groups excluding carboxylic acids is 1. The van der Waals surface area contributed by atoms with Crippen molar-refractivity contribution in [3.8, 4) is 0 Å². The molecule has 7 nitrogen and oxygen atoms in total. The molecule has 0 bridgehead atoms. The summed E-state index contributed by atoms with van der Waals surface area (Å²) >= 11 is 0. The van der Waals surface area contributed by atoms with Gasteiger partial charge in [0, 0.05) is 25.8 Å². The third-order valence-corrected chi connectivity index (χ3v) is 3.22. The molecule has 1 saturated heterocycles. The summed E-state index contributed by atoms with van der Waals surface area (Å²) in [6, 6.07) is 1.57. The number of anilines is 1. The molecule has 0 unspecified atom stereocenters. The van der Waals surface area contributed by atoms with Crippen molar-refractivity contribution in [2.24, 2.45) is 5.92 Å². The molecule has 2 rings (SSSR count). The fourth-order valence-electron chi connectivity index (χ4n) is 2.15. The zero-order chi connectivity index (χ0) is 13.7. The van der Waals surface area contributed by atoms with Gasteiger partial charge in [0.1, 0.15) is 5.69 Å². The van der Waals surface area contributed by atoms with E-state index in [1.807, 2.05) is 4.90 Å². The summed E-state index contributed by atoms with van der Waals surface area (Å²) in [6.07, 6.45) is 3.06. The Morgan fingerprint density at radius 2 is 2.26 bits per heavy atom. The van der Waals surface area contributed by atoms with Gasteiger partial charge in [0.15, 0.2) is 6.29 Å². The number of nitrogens with zero attached hydrogens (tertiary/aromatic N) is 3. The first-order valence-electron chi connectivity index (χ1n) is 6.19. The molecule has 1 amide bonds. The average molecular weight is 264 g/mol. The van der Waals surface area contributed by atoms with Gasteiger partial charge in [-0.3, -0.25) is 4.79 Å². The largest absolute Gasteiger partial charge is 0.465 e. The minimum atomic E-state index is -0.982. The van der Waals surface area contributed by atoms with Gasteiger partial charge < -0.3 is 15.3 Å². The van der Waals surface area contributed by atoms with E-state index < -0.39 is 6.09 Å². The monoisotopic (exact) mass is 264 g/mol. The Balaban J connectivity index is 1.88. The molecule has 2 N–H and O–H groups in total. The van der Waals surface area contributed by atoms with Crippen molar-refractivity contribution < 1.29 is 14.7 Å². The number of hydrogen-bond donors (Lipinski definition) is 2. The summed E-state index contributed by atoms with van der Waals surface area (Å²) in [6.45, 7) is 2.03. The number of aldehydes is 1. The SMILES string of the molecule is O=Cc1ccnc(N2CCC(CNC(=O)O)CC2)n1. The van der Waals surface area contributed by atoms with Gasteiger partial charge in [-0.25, -0.2) is 14.8 Å². The number of carboxylic acid groups (broad SMARTS) is 1. The van der Waals surface area contributed by atoms with E-state index in [-0.39, 0.29) is 0 Å². The predicted molar refractivity (Wildman–Crippen MR) is 68.4 cm³/mol. The topological polar surface area (TPSA) is 95.4 Å². The summed E-state index contributed by atoms with van der Waals surface area (Å²) < 4.78 is 0. The summed E-state index contributed by atoms with van der Waals surface area (Å²) in [5.41, 5.74) is 0.375. The normalized spacial score (nSPS) is 16.1. The summed E-state index contributed by atoms with van der Waals surface area (Å²) in [5.74, 6) is 0.913. The molecule has 102 valence electrons. The van der Waals surface area contributed by atoms with E-state index in [1.54, 1.807) is 12.3 Å². The highest BCUT2D eigenvalue weighted by Gasteiger charge is 2.21. The number of hydrogen-bond acceptors (Lipinski definition) is 5. The van der Waals surface area contributed by atoms with E-state index in [4.69, 9.17) is 5.11 Å². The average Bonchev–Trinajstić information content (AvgIpc) is 2.45. The fraction of sp³-hybridized carbons (Fsp3) is 0.500. The summed E-state index contributed by atoms with van der Waals surface area (Å²) in [4.78, 5) is 31.4. The van der Waals surface area contributed by atoms with Crippen LogP contribution in [0.25, 0.3) is 0 Å². The van der Waals surface area contributed by atoms with Crippen molar-refractivity contribution in [3.63, 3.8) is 0 Å². The quantitative estimate of drug-likeness (QED) is 0.780. The van der Waals surface area contributed by atoms with Crippen molar-refractivity contribution in [3.05, 3.63) is 18.0 Å². The maximum atomic E-state index is 10.7. The highest BCUT2D eigenvalue weighted by molar-refractivity contribution is 5.72. The Labute approximate surface area is 110 Å². The van der Waals surface area contributed by atoms with Crippen LogP contribution in [-0.4, -0.2) is 47.1 Å². The van der Waals surface area contributed by atoms with E-state index in [2.05, 4.69) is 15.3 Å². The van der Waals surface area contributed by atoms with Gasteiger partial charge in [0.2, 0.25) is 5.95 Å². The van der Waals surface area contributed by atoms with Crippen molar-refractivity contribution in [2.75, 3.05) is 24.5 Å². The van der Waals surface area contributed by atoms with Crippen LogP contribution in [0.4, 0.5) is 10.7 Å². The van der Waals surface area contributed by atoms with E-state index in [9.17, 15) is 9.59 Å². The standard InChI is InChI=1S/C12H16N4O3/c17-8-10-1-4-13-11(15-10)16-5-2-9(3-6-16)7-14-12(18)19/h1,4,8-9,14H,2-3,5-7H2,(H,18,19). The van der Waals surface area contributed by atoms with Crippen LogP contribution in [0, 0.1) is 5.92 Å². The molecule has 0 aromatic carbocycles. The van der Waals surface area contributed by atoms with Gasteiger partial charge in [0.05, 0.1) is 0 Å². The van der Waals surface area contributed by atoms with Crippen LogP contribution in [0.3, 0.4) is 0 Å². The maximum absolute atomic E-state index is 10.7. The zero-order valence-corrected chi connectivity index (χ0v) is 10.5. The molecular formula is C12H16N4O3. The van der Waals surface area contributed by atoms with Crippen LogP contribution in [0.2, 0.25) is 0 Å². The molecule has 1 aliphatic heterocycles. The van der Waals surface area contributed by atoms with Crippen LogP contribution in [-0.2, 0) is 0 Å². The smallest absolute Gasteiger partial charge is 0.404 e. The molecule has 1 aromatic heterocycles. The van der Waals surface area contributed by atoms with Crippen molar-refractivity contribution >= 4 is 18.3 Å². The van der Waals surface area contributed by atoms with Gasteiger partial charge in [-0.1, -0.05) is 0 Å². The fourth-order valence-corrected chi connectivity index (χ4v) is 2.15. The Kier molecular flexibility index (Phi) is 4.27. The minimum Gasteiger partial charge on any atom is -0.465 e. The number of nitrogens with one attached hydrogen (secondary N) is 1. The van der Waals surface area contributed by atoms with Crippen LogP contribution in [0.1, 0.15) is 23.3 Å². The van der Waals surface area contributed by atoms with E-state index in [1.165, 1.54) is 0 Å². The number of piperidine rings is 1. The van der Waals surface area contributed by atoms with Gasteiger partial charge >= 0.3 is 6.09 Å². The second-order valence-electron chi connectivity index (χ2n) is 4.52. The highest BCUT2D eigenvalue weighted by Crippen LogP contribution is 2.19. The minimum absolute atomic E-state index is 0.349. The molecule has 2 heterocycles. The lowest BCUT2D eigenvalue weighted by atomic mass is 9.97. The highest BCUT2D eigenvalue weighted by atomic mass is 16.4. The zero-order valence-electron chi connectivity index (χ0n) is 10.5. The van der Waals surface area contributed by atoms with E-state index in [0.717, 1.165) is 25.9 Å². The Hall–Kier alpha value is -2.18. The van der Waals surface area contributed by atoms with Gasteiger partial charge in [-0.15, -0.1) is 0 Å². The second-order valence-corrected chi connectivity index (χ2v) is 4.52. The molecule has 7 heteroatoms. The van der Waals surface area contributed by atoms with Gasteiger partial charge in [-0.05, 0) is 24.8 Å². The Bertz CT molecular complexity index is 458. The van der Waals surface area contributed by atoms with E-state index in [0.29, 0.717) is 30.4 Å². The molecule has 1 aromatic rings. The second kappa shape index (κ2) is 6.12. The number of rotatable bonds is 4. The molecule has 1 fully saturated rings. The molecule has 0 atom stereocenters. The first-order chi connectivity index (χ1) is 9.19. The van der Waals surface area contributed by atoms with Crippen LogP contribution >= 0.6 is 0 Å². The van der Waals surface area contributed by atoms with Crippen molar-refractivity contribution in [1.82, 2.24) is 15.3 Å². The molecule has 1 aliphatic rings. The first-order valence-corrected chi connectivity index (χ1v) is 6.19. The summed E-state index contributed by atoms with van der Waals surface area (Å²) in [7, 11) is 0. The molecule has 0 aliphatic carbocycles. The number of amides is 1. The van der Waals surface area contributed by atoms with E-state index >= 15 is 0 Å². The molecule has 0 spiro atoms. The Morgan fingerprint density at radius 3 is 2.89 bits per heavy atom. The van der Waals surface area contributed by atoms with Gasteiger partial charge in [-0.2, -0.15) is 0 Å². The van der Waals surface area contributed by atoms with Gasteiger partial charge in [0.25, 0.3) is 0 Å². The van der Waals surface area contributed by atoms with Crippen LogP contribution in [0.5, 0.6) is 0 Å². The lowest BCUT2D eigenvalue weighted by molar-refractivity contribution is 0.111. The Morgan fingerprint density at radius 1 is 1.53 bits per heavy atom. The van der Waals surface area contributed by atoms with Crippen LogP contribution in [0.15, 0.2) is 12.3 Å². The number of aromatic nitrogens is 2. The van der Waals surface area contributed by atoms with Crippen molar-refractivity contribution in [2.45, 2.75) is 12.8 Å². The lowest BCUT2D eigenvalue weighted by Crippen LogP contribution is -2.39. The number of carbonyl (C=O) groups is 2.